The van der Waals surface area contributed by atoms with Crippen molar-refractivity contribution in [3.8, 4) is 12.1 Å². The SMILES string of the molecule is N#C/C(C(=O)c1cccc(C(=O)/C(C#N)=C2/S/C(=N\Nc3ccc(Cl)cc3)C(=O)N2c2ccccc2)n1)=C1\S/C(=N\Nc2ccc(Cl)cc2)C(=O)N1c1ccccc1. The zero-order valence-electron chi connectivity index (χ0n) is 29.5. The lowest BCUT2D eigenvalue weighted by molar-refractivity contribution is -0.112. The quantitative estimate of drug-likeness (QED) is 0.0594. The number of halogens is 2. The highest BCUT2D eigenvalue weighted by atomic mass is 35.5. The number of carbonyl (C=O) groups excluding carboxylic acids is 4. The first-order chi connectivity index (χ1) is 28.2. The number of rotatable bonds is 10. The standard InChI is InChI=1S/C41H23Cl2N9O4S2/c42-24-14-18-26(19-15-24)47-49-36-38(55)51(28-8-3-1-4-9-28)40(57-36)30(22-44)34(53)32-12-7-13-33(46-32)35(54)31(23-45)41-52(29-10-5-2-6-11-29)39(56)37(58-41)50-48-27-20-16-25(43)17-21-27/h1-21,47-48H/b40-30+,41-31+,49-36-,50-37-. The van der Waals surface area contributed by atoms with Crippen LogP contribution in [0.2, 0.25) is 10.0 Å². The number of nitrogens with zero attached hydrogens (tertiary/aromatic N) is 7. The number of nitrogens with one attached hydrogen (secondary N) is 2. The summed E-state index contributed by atoms with van der Waals surface area (Å²) in [7, 11) is 0. The number of aromatic nitrogens is 1. The van der Waals surface area contributed by atoms with E-state index in [9.17, 15) is 29.7 Å². The first-order valence-electron chi connectivity index (χ1n) is 16.8. The summed E-state index contributed by atoms with van der Waals surface area (Å²) in [6.07, 6.45) is 0. The van der Waals surface area contributed by atoms with Crippen LogP contribution in [0.3, 0.4) is 0 Å². The van der Waals surface area contributed by atoms with E-state index < -0.39 is 34.5 Å². The molecule has 2 aliphatic heterocycles. The van der Waals surface area contributed by atoms with Crippen molar-refractivity contribution in [3.05, 3.63) is 170 Å². The molecule has 2 saturated heterocycles. The van der Waals surface area contributed by atoms with Gasteiger partial charge in [0.05, 0.1) is 11.4 Å². The van der Waals surface area contributed by atoms with Crippen molar-refractivity contribution in [1.29, 1.82) is 10.5 Å². The Balaban J connectivity index is 1.24. The minimum Gasteiger partial charge on any atom is -0.286 e. The van der Waals surface area contributed by atoms with Crippen molar-refractivity contribution in [1.82, 2.24) is 4.98 Å². The van der Waals surface area contributed by atoms with Gasteiger partial charge in [0.2, 0.25) is 11.6 Å². The maximum atomic E-state index is 14.1. The summed E-state index contributed by atoms with van der Waals surface area (Å²) in [5.41, 5.74) is 5.88. The number of anilines is 4. The Kier molecular flexibility index (Phi) is 11.8. The van der Waals surface area contributed by atoms with Crippen molar-refractivity contribution in [2.45, 2.75) is 0 Å². The predicted molar refractivity (Wildman–Crippen MR) is 226 cm³/mol. The van der Waals surface area contributed by atoms with E-state index in [4.69, 9.17) is 23.2 Å². The maximum absolute atomic E-state index is 14.1. The Morgan fingerprint density at radius 2 is 0.948 bits per heavy atom. The number of benzene rings is 4. The van der Waals surface area contributed by atoms with Gasteiger partial charge in [-0.05, 0) is 108 Å². The number of thioether (sulfide) groups is 2. The summed E-state index contributed by atoms with van der Waals surface area (Å²) < 4.78 is 0. The molecule has 0 unspecified atom stereocenters. The lowest BCUT2D eigenvalue weighted by atomic mass is 10.1. The molecule has 17 heteroatoms. The Morgan fingerprint density at radius 1 is 0.569 bits per heavy atom. The van der Waals surface area contributed by atoms with Gasteiger partial charge in [-0.1, -0.05) is 65.7 Å². The molecule has 13 nitrogen and oxygen atoms in total. The number of hydrogen-bond acceptors (Lipinski definition) is 13. The smallest absolute Gasteiger partial charge is 0.286 e. The highest BCUT2D eigenvalue weighted by Crippen LogP contribution is 2.40. The molecule has 2 aliphatic rings. The number of hydrogen-bond donors (Lipinski definition) is 2. The highest BCUT2D eigenvalue weighted by molar-refractivity contribution is 8.20. The monoisotopic (exact) mass is 839 g/mol. The number of allylic oxidation sites excluding steroid dienone is 2. The fraction of sp³-hybridized carbons (Fsp3) is 0. The van der Waals surface area contributed by atoms with Crippen molar-refractivity contribution in [2.75, 3.05) is 20.7 Å². The van der Waals surface area contributed by atoms with Crippen LogP contribution in [0.1, 0.15) is 21.0 Å². The Morgan fingerprint density at radius 3 is 1.31 bits per heavy atom. The summed E-state index contributed by atoms with van der Waals surface area (Å²) in [6.45, 7) is 0. The second-order valence-corrected chi connectivity index (χ2v) is 14.7. The Bertz CT molecular complexity index is 2510. The lowest BCUT2D eigenvalue weighted by Gasteiger charge is -2.17. The number of amides is 2. The van der Waals surface area contributed by atoms with Crippen LogP contribution in [-0.4, -0.2) is 38.5 Å². The van der Waals surface area contributed by atoms with E-state index in [0.717, 1.165) is 23.5 Å². The highest BCUT2D eigenvalue weighted by Gasteiger charge is 2.41. The van der Waals surface area contributed by atoms with Gasteiger partial charge in [-0.3, -0.25) is 39.8 Å². The molecule has 4 aromatic carbocycles. The topological polar surface area (TPSA) is 184 Å². The number of carbonyl (C=O) groups is 4. The average Bonchev–Trinajstić information content (AvgIpc) is 3.76. The van der Waals surface area contributed by atoms with Crippen LogP contribution in [0.25, 0.3) is 0 Å². The molecule has 0 radical (unpaired) electrons. The Labute approximate surface area is 349 Å². The molecule has 282 valence electrons. The average molecular weight is 841 g/mol. The second-order valence-electron chi connectivity index (χ2n) is 11.9. The van der Waals surface area contributed by atoms with Crippen LogP contribution < -0.4 is 20.7 Å². The molecular formula is C41H23Cl2N9O4S2. The third-order valence-corrected chi connectivity index (χ3v) is 10.8. The van der Waals surface area contributed by atoms with Gasteiger partial charge in [-0.25, -0.2) is 4.98 Å². The van der Waals surface area contributed by atoms with Gasteiger partial charge < -0.3 is 0 Å². The summed E-state index contributed by atoms with van der Waals surface area (Å²) in [5.74, 6) is -3.00. The number of Topliss-reactive ketones (excluding diaryl/α,β-unsaturated/α-hetero) is 2. The van der Waals surface area contributed by atoms with Crippen LogP contribution in [0.5, 0.6) is 0 Å². The predicted octanol–water partition coefficient (Wildman–Crippen LogP) is 8.64. The molecule has 0 aliphatic carbocycles. The molecular weight excluding hydrogens is 818 g/mol. The van der Waals surface area contributed by atoms with Crippen molar-refractivity contribution < 1.29 is 19.2 Å². The normalized spacial score (nSPS) is 16.9. The second kappa shape index (κ2) is 17.4. The largest absolute Gasteiger partial charge is 0.290 e. The number of pyridine rings is 1. The maximum Gasteiger partial charge on any atom is 0.290 e. The van der Waals surface area contributed by atoms with E-state index in [2.05, 4.69) is 26.0 Å². The van der Waals surface area contributed by atoms with E-state index in [1.807, 2.05) is 12.1 Å². The lowest BCUT2D eigenvalue weighted by Crippen LogP contribution is -2.28. The van der Waals surface area contributed by atoms with Crippen molar-refractivity contribution in [2.24, 2.45) is 10.2 Å². The molecule has 3 heterocycles. The third-order valence-electron chi connectivity index (χ3n) is 8.18. The van der Waals surface area contributed by atoms with Gasteiger partial charge in [0.1, 0.15) is 44.7 Å². The molecule has 0 bridgehead atoms. The van der Waals surface area contributed by atoms with Gasteiger partial charge in [0.15, 0.2) is 10.1 Å². The molecule has 2 fully saturated rings. The summed E-state index contributed by atoms with van der Waals surface area (Å²) >= 11 is 13.6. The third kappa shape index (κ3) is 8.24. The van der Waals surface area contributed by atoms with E-state index in [1.54, 1.807) is 109 Å². The molecule has 58 heavy (non-hydrogen) atoms. The molecule has 1 aromatic heterocycles. The fourth-order valence-electron chi connectivity index (χ4n) is 5.44. The van der Waals surface area contributed by atoms with E-state index in [1.165, 1.54) is 28.0 Å². The summed E-state index contributed by atoms with van der Waals surface area (Å²) in [6, 6.07) is 37.8. The zero-order chi connectivity index (χ0) is 40.8. The van der Waals surface area contributed by atoms with Gasteiger partial charge in [0, 0.05) is 21.4 Å². The van der Waals surface area contributed by atoms with E-state index >= 15 is 0 Å². The van der Waals surface area contributed by atoms with Gasteiger partial charge in [-0.2, -0.15) is 20.7 Å². The van der Waals surface area contributed by atoms with E-state index in [0.29, 0.717) is 32.8 Å². The minimum atomic E-state index is -0.898. The summed E-state index contributed by atoms with van der Waals surface area (Å²) in [4.78, 5) is 62.5. The molecule has 5 aromatic rings. The van der Waals surface area contributed by atoms with Gasteiger partial charge in [0.25, 0.3) is 11.8 Å². The minimum absolute atomic E-state index is 0.0304. The van der Waals surface area contributed by atoms with Gasteiger partial charge in [-0.15, -0.1) is 0 Å². The van der Waals surface area contributed by atoms with Crippen LogP contribution in [0.15, 0.2) is 159 Å². The molecule has 2 amide bonds. The molecule has 7 rings (SSSR count). The number of nitriles is 2. The molecule has 2 N–H and O–H groups in total. The number of hydrazone groups is 2. The van der Waals surface area contributed by atoms with Crippen molar-refractivity contribution in [3.63, 3.8) is 0 Å². The Hall–Kier alpha value is -7.01. The number of para-hydroxylation sites is 2. The van der Waals surface area contributed by atoms with Crippen LogP contribution in [0.4, 0.5) is 22.7 Å². The van der Waals surface area contributed by atoms with Crippen LogP contribution in [-0.2, 0) is 9.59 Å². The fourth-order valence-corrected chi connectivity index (χ4v) is 7.64. The molecule has 0 spiro atoms. The van der Waals surface area contributed by atoms with Crippen molar-refractivity contribution >= 4 is 103 Å². The van der Waals surface area contributed by atoms with Gasteiger partial charge >= 0.3 is 0 Å². The van der Waals surface area contributed by atoms with E-state index in [-0.39, 0.29) is 31.5 Å². The summed E-state index contributed by atoms with van der Waals surface area (Å²) in [5, 5.41) is 30.1. The molecule has 0 saturated carbocycles. The molecule has 0 atom stereocenters. The number of ketones is 2. The first-order valence-corrected chi connectivity index (χ1v) is 19.2. The zero-order valence-corrected chi connectivity index (χ0v) is 32.6. The van der Waals surface area contributed by atoms with Crippen LogP contribution >= 0.6 is 46.7 Å². The first kappa shape index (κ1) is 39.2. The van der Waals surface area contributed by atoms with Crippen LogP contribution in [0, 0.1) is 22.7 Å².